The molecular formula is C17H20BrN. The number of nitrogens with zero attached hydrogens (tertiary/aromatic N) is 1. The Morgan fingerprint density at radius 1 is 1.11 bits per heavy atom. The van der Waals surface area contributed by atoms with Gasteiger partial charge in [-0.05, 0) is 48.7 Å². The van der Waals surface area contributed by atoms with E-state index in [1.165, 1.54) is 46.6 Å². The molecule has 1 aliphatic heterocycles. The van der Waals surface area contributed by atoms with Crippen molar-refractivity contribution in [2.75, 3.05) is 6.54 Å². The molecule has 1 atom stereocenters. The highest BCUT2D eigenvalue weighted by Gasteiger charge is 2.19. The van der Waals surface area contributed by atoms with Crippen LogP contribution in [0, 0.1) is 0 Å². The average Bonchev–Trinajstić information content (AvgIpc) is 2.44. The Labute approximate surface area is 123 Å². The van der Waals surface area contributed by atoms with Crippen LogP contribution in [0.2, 0.25) is 0 Å². The Morgan fingerprint density at radius 3 is 2.68 bits per heavy atom. The molecule has 1 nitrogen and oxygen atoms in total. The Hall–Kier alpha value is -0.860. The van der Waals surface area contributed by atoms with E-state index in [0.29, 0.717) is 0 Å². The first-order chi connectivity index (χ1) is 9.25. The molecule has 3 rings (SSSR count). The van der Waals surface area contributed by atoms with Crippen molar-refractivity contribution < 1.29 is 0 Å². The molecule has 0 aliphatic carbocycles. The lowest BCUT2D eigenvalue weighted by molar-refractivity contribution is 0.153. The Bertz CT molecular complexity index is 578. The summed E-state index contributed by atoms with van der Waals surface area (Å²) in [7, 11) is 0. The summed E-state index contributed by atoms with van der Waals surface area (Å²) in [5.41, 5.74) is 1.45. The van der Waals surface area contributed by atoms with Crippen LogP contribution in [-0.2, 0) is 6.54 Å². The smallest absolute Gasteiger partial charge is 0.0253 e. The third kappa shape index (κ3) is 2.70. The molecule has 0 bridgehead atoms. The first-order valence-corrected chi connectivity index (χ1v) is 7.95. The zero-order chi connectivity index (χ0) is 13.2. The summed E-state index contributed by atoms with van der Waals surface area (Å²) in [4.78, 5) is 2.62. The number of hydrogen-bond acceptors (Lipinski definition) is 1. The molecule has 1 unspecified atom stereocenters. The van der Waals surface area contributed by atoms with Gasteiger partial charge in [0.05, 0.1) is 0 Å². The second-order valence-electron chi connectivity index (χ2n) is 5.57. The van der Waals surface area contributed by atoms with Gasteiger partial charge >= 0.3 is 0 Å². The maximum absolute atomic E-state index is 3.65. The normalized spacial score (nSPS) is 20.8. The summed E-state index contributed by atoms with van der Waals surface area (Å²) in [5, 5.41) is 2.71. The molecular weight excluding hydrogens is 298 g/mol. The van der Waals surface area contributed by atoms with Crippen molar-refractivity contribution in [1.29, 1.82) is 0 Å². The highest BCUT2D eigenvalue weighted by molar-refractivity contribution is 9.10. The van der Waals surface area contributed by atoms with E-state index in [0.717, 1.165) is 12.6 Å². The van der Waals surface area contributed by atoms with E-state index in [-0.39, 0.29) is 0 Å². The minimum Gasteiger partial charge on any atom is -0.296 e. The highest BCUT2D eigenvalue weighted by Crippen LogP contribution is 2.29. The minimum atomic E-state index is 0.719. The van der Waals surface area contributed by atoms with Crippen LogP contribution in [-0.4, -0.2) is 17.5 Å². The molecule has 0 radical (unpaired) electrons. The van der Waals surface area contributed by atoms with Crippen LogP contribution in [0.15, 0.2) is 40.9 Å². The second kappa shape index (κ2) is 5.64. The van der Waals surface area contributed by atoms with Gasteiger partial charge in [0.1, 0.15) is 0 Å². The standard InChI is InChI=1S/C17H20BrN/c1-13-6-4-5-11-19(13)12-14-9-10-17(18)16-8-3-2-7-15(14)16/h2-3,7-10,13H,4-6,11-12H2,1H3. The number of benzene rings is 2. The summed E-state index contributed by atoms with van der Waals surface area (Å²) in [6, 6.07) is 13.9. The Morgan fingerprint density at radius 2 is 1.89 bits per heavy atom. The quantitative estimate of drug-likeness (QED) is 0.755. The van der Waals surface area contributed by atoms with Gasteiger partial charge < -0.3 is 0 Å². The van der Waals surface area contributed by atoms with Crippen molar-refractivity contribution in [3.05, 3.63) is 46.4 Å². The molecule has 0 saturated carbocycles. The van der Waals surface area contributed by atoms with Crippen LogP contribution in [0.25, 0.3) is 10.8 Å². The first-order valence-electron chi connectivity index (χ1n) is 7.16. The zero-order valence-corrected chi connectivity index (χ0v) is 13.0. The fraction of sp³-hybridized carbons (Fsp3) is 0.412. The summed E-state index contributed by atoms with van der Waals surface area (Å²) in [6.07, 6.45) is 4.08. The van der Waals surface area contributed by atoms with Crippen molar-refractivity contribution in [2.45, 2.75) is 38.8 Å². The SMILES string of the molecule is CC1CCCCN1Cc1ccc(Br)c2ccccc12. The monoisotopic (exact) mass is 317 g/mol. The van der Waals surface area contributed by atoms with Crippen LogP contribution >= 0.6 is 15.9 Å². The third-order valence-corrected chi connectivity index (χ3v) is 4.97. The van der Waals surface area contributed by atoms with Crippen molar-refractivity contribution in [3.63, 3.8) is 0 Å². The third-order valence-electron chi connectivity index (χ3n) is 4.28. The fourth-order valence-electron chi connectivity index (χ4n) is 3.07. The highest BCUT2D eigenvalue weighted by atomic mass is 79.9. The number of halogens is 1. The molecule has 1 heterocycles. The molecule has 2 aromatic carbocycles. The van der Waals surface area contributed by atoms with Crippen molar-refractivity contribution in [3.8, 4) is 0 Å². The van der Waals surface area contributed by atoms with Gasteiger partial charge in [-0.25, -0.2) is 0 Å². The molecule has 1 saturated heterocycles. The van der Waals surface area contributed by atoms with E-state index < -0.39 is 0 Å². The molecule has 2 heteroatoms. The minimum absolute atomic E-state index is 0.719. The number of piperidine rings is 1. The predicted molar refractivity (Wildman–Crippen MR) is 85.4 cm³/mol. The lowest BCUT2D eigenvalue weighted by atomic mass is 10.00. The number of likely N-dealkylation sites (tertiary alicyclic amines) is 1. The maximum Gasteiger partial charge on any atom is 0.0253 e. The van der Waals surface area contributed by atoms with Gasteiger partial charge in [0.25, 0.3) is 0 Å². The molecule has 2 aromatic rings. The predicted octanol–water partition coefficient (Wildman–Crippen LogP) is 4.98. The number of hydrogen-bond donors (Lipinski definition) is 0. The van der Waals surface area contributed by atoms with E-state index in [2.05, 4.69) is 64.2 Å². The van der Waals surface area contributed by atoms with E-state index in [1.54, 1.807) is 0 Å². The maximum atomic E-state index is 3.65. The van der Waals surface area contributed by atoms with Crippen LogP contribution < -0.4 is 0 Å². The summed E-state index contributed by atoms with van der Waals surface area (Å²) in [5.74, 6) is 0. The van der Waals surface area contributed by atoms with Gasteiger partial charge in [0.2, 0.25) is 0 Å². The first kappa shape index (κ1) is 13.1. The Kier molecular flexibility index (Phi) is 3.90. The topological polar surface area (TPSA) is 3.24 Å². The average molecular weight is 318 g/mol. The van der Waals surface area contributed by atoms with Crippen LogP contribution in [0.4, 0.5) is 0 Å². The molecule has 0 N–H and O–H groups in total. The van der Waals surface area contributed by atoms with Crippen LogP contribution in [0.1, 0.15) is 31.7 Å². The molecule has 0 amide bonds. The van der Waals surface area contributed by atoms with Crippen LogP contribution in [0.5, 0.6) is 0 Å². The van der Waals surface area contributed by atoms with Gasteiger partial charge in [0.15, 0.2) is 0 Å². The number of rotatable bonds is 2. The van der Waals surface area contributed by atoms with E-state index in [1.807, 2.05) is 0 Å². The summed E-state index contributed by atoms with van der Waals surface area (Å²) < 4.78 is 1.19. The van der Waals surface area contributed by atoms with E-state index >= 15 is 0 Å². The van der Waals surface area contributed by atoms with Gasteiger partial charge in [0, 0.05) is 17.1 Å². The van der Waals surface area contributed by atoms with Crippen LogP contribution in [0.3, 0.4) is 0 Å². The van der Waals surface area contributed by atoms with E-state index in [4.69, 9.17) is 0 Å². The molecule has 1 aliphatic rings. The molecule has 19 heavy (non-hydrogen) atoms. The van der Waals surface area contributed by atoms with Gasteiger partial charge in [-0.2, -0.15) is 0 Å². The van der Waals surface area contributed by atoms with Gasteiger partial charge in [-0.1, -0.05) is 52.7 Å². The second-order valence-corrected chi connectivity index (χ2v) is 6.42. The largest absolute Gasteiger partial charge is 0.296 e. The summed E-state index contributed by atoms with van der Waals surface area (Å²) >= 11 is 3.65. The lowest BCUT2D eigenvalue weighted by Crippen LogP contribution is -2.36. The zero-order valence-electron chi connectivity index (χ0n) is 11.4. The van der Waals surface area contributed by atoms with E-state index in [9.17, 15) is 0 Å². The molecule has 100 valence electrons. The number of fused-ring (bicyclic) bond motifs is 1. The van der Waals surface area contributed by atoms with Crippen molar-refractivity contribution in [1.82, 2.24) is 4.90 Å². The molecule has 0 aromatic heterocycles. The molecule has 0 spiro atoms. The van der Waals surface area contributed by atoms with Crippen molar-refractivity contribution in [2.24, 2.45) is 0 Å². The lowest BCUT2D eigenvalue weighted by Gasteiger charge is -2.33. The van der Waals surface area contributed by atoms with Gasteiger partial charge in [-0.3, -0.25) is 4.90 Å². The summed E-state index contributed by atoms with van der Waals surface area (Å²) in [6.45, 7) is 4.68. The Balaban J connectivity index is 1.94. The fourth-order valence-corrected chi connectivity index (χ4v) is 3.55. The molecule has 1 fully saturated rings. The van der Waals surface area contributed by atoms with Gasteiger partial charge in [-0.15, -0.1) is 0 Å². The van der Waals surface area contributed by atoms with Crippen molar-refractivity contribution >= 4 is 26.7 Å².